The summed E-state index contributed by atoms with van der Waals surface area (Å²) in [4.78, 5) is 15.9. The third-order valence-electron chi connectivity index (χ3n) is 2.15. The second-order valence-electron chi connectivity index (χ2n) is 3.40. The second-order valence-corrected chi connectivity index (χ2v) is 3.40. The van der Waals surface area contributed by atoms with Gasteiger partial charge in [-0.3, -0.25) is 9.69 Å². The first-order chi connectivity index (χ1) is 7.26. The Bertz CT molecular complexity index is 258. The summed E-state index contributed by atoms with van der Waals surface area (Å²) in [6, 6.07) is 0.0294. The molecule has 0 aromatic rings. The first-order valence-corrected chi connectivity index (χ1v) is 4.78. The maximum Gasteiger partial charge on any atom is 0.234 e. The van der Waals surface area contributed by atoms with Crippen LogP contribution >= 0.6 is 0 Å². The van der Waals surface area contributed by atoms with Gasteiger partial charge in [0, 0.05) is 31.7 Å². The quantitative estimate of drug-likeness (QED) is 0.285. The molecule has 1 amide bonds. The van der Waals surface area contributed by atoms with E-state index in [0.717, 1.165) is 0 Å². The van der Waals surface area contributed by atoms with Gasteiger partial charge in [-0.25, -0.2) is 0 Å². The first kappa shape index (κ1) is 11.8. The van der Waals surface area contributed by atoms with Crippen molar-refractivity contribution in [1.82, 2.24) is 10.2 Å². The third kappa shape index (κ3) is 4.16. The molecule has 7 heteroatoms. The van der Waals surface area contributed by atoms with Crippen molar-refractivity contribution >= 4 is 5.91 Å². The molecule has 1 N–H and O–H groups in total. The van der Waals surface area contributed by atoms with Crippen molar-refractivity contribution in [2.45, 2.75) is 6.04 Å². The number of nitrogens with zero attached hydrogens (tertiary/aromatic N) is 4. The molecule has 0 aromatic carbocycles. The van der Waals surface area contributed by atoms with Gasteiger partial charge in [-0.1, -0.05) is 5.11 Å². The van der Waals surface area contributed by atoms with Crippen LogP contribution < -0.4 is 5.32 Å². The van der Waals surface area contributed by atoms with E-state index >= 15 is 0 Å². The van der Waals surface area contributed by atoms with Crippen LogP contribution in [0.3, 0.4) is 0 Å². The van der Waals surface area contributed by atoms with Gasteiger partial charge in [0.15, 0.2) is 0 Å². The highest BCUT2D eigenvalue weighted by molar-refractivity contribution is 5.78. The summed E-state index contributed by atoms with van der Waals surface area (Å²) in [6.07, 6.45) is 0. The van der Waals surface area contributed by atoms with E-state index in [1.807, 2.05) is 4.90 Å². The van der Waals surface area contributed by atoms with Crippen molar-refractivity contribution in [2.24, 2.45) is 5.11 Å². The van der Waals surface area contributed by atoms with Gasteiger partial charge in [0.05, 0.1) is 19.2 Å². The highest BCUT2D eigenvalue weighted by Crippen LogP contribution is 2.10. The highest BCUT2D eigenvalue weighted by Gasteiger charge is 2.26. The van der Waals surface area contributed by atoms with Crippen LogP contribution in [0.15, 0.2) is 5.11 Å². The minimum absolute atomic E-state index is 0.0218. The van der Waals surface area contributed by atoms with Gasteiger partial charge in [0.2, 0.25) is 5.91 Å². The number of nitrogens with one attached hydrogen (secondary N) is 1. The summed E-state index contributed by atoms with van der Waals surface area (Å²) in [6.45, 7) is 2.75. The molecule has 0 saturated carbocycles. The Morgan fingerprint density at radius 2 is 2.47 bits per heavy atom. The monoisotopic (exact) mass is 213 g/mol. The fraction of sp³-hybridized carbons (Fsp3) is 0.875. The molecule has 1 aliphatic rings. The molecule has 0 unspecified atom stereocenters. The SMILES string of the molecule is COCCNC(=O)CN1CC(N=[N+]=[N-])C1. The predicted molar refractivity (Wildman–Crippen MR) is 54.3 cm³/mol. The molecule has 1 heterocycles. The number of methoxy groups -OCH3 is 1. The molecule has 7 nitrogen and oxygen atoms in total. The molecular weight excluding hydrogens is 198 g/mol. The number of hydrogen-bond acceptors (Lipinski definition) is 4. The molecular formula is C8H15N5O2. The van der Waals surface area contributed by atoms with Crippen molar-refractivity contribution in [3.8, 4) is 0 Å². The highest BCUT2D eigenvalue weighted by atomic mass is 16.5. The van der Waals surface area contributed by atoms with Gasteiger partial charge >= 0.3 is 0 Å². The van der Waals surface area contributed by atoms with Crippen LogP contribution in [0, 0.1) is 0 Å². The number of carbonyl (C=O) groups is 1. The summed E-state index contributed by atoms with van der Waals surface area (Å²) in [5, 5.41) is 6.27. The maximum absolute atomic E-state index is 11.3. The smallest absolute Gasteiger partial charge is 0.234 e. The fourth-order valence-corrected chi connectivity index (χ4v) is 1.37. The Balaban J connectivity index is 2.05. The zero-order valence-electron chi connectivity index (χ0n) is 8.72. The van der Waals surface area contributed by atoms with E-state index in [-0.39, 0.29) is 11.9 Å². The van der Waals surface area contributed by atoms with E-state index in [1.165, 1.54) is 0 Å². The lowest BCUT2D eigenvalue weighted by Gasteiger charge is -2.35. The summed E-state index contributed by atoms with van der Waals surface area (Å²) in [5.74, 6) is -0.0218. The van der Waals surface area contributed by atoms with E-state index < -0.39 is 0 Å². The molecule has 0 radical (unpaired) electrons. The molecule has 1 fully saturated rings. The minimum atomic E-state index is -0.0218. The molecule has 15 heavy (non-hydrogen) atoms. The Morgan fingerprint density at radius 1 is 1.73 bits per heavy atom. The van der Waals surface area contributed by atoms with E-state index in [1.54, 1.807) is 7.11 Å². The Hall–Kier alpha value is -1.30. The summed E-state index contributed by atoms with van der Waals surface area (Å²) >= 11 is 0. The molecule has 1 aliphatic heterocycles. The molecule has 0 aromatic heterocycles. The number of azide groups is 1. The largest absolute Gasteiger partial charge is 0.383 e. The van der Waals surface area contributed by atoms with E-state index in [4.69, 9.17) is 10.3 Å². The zero-order chi connectivity index (χ0) is 11.1. The Kier molecular flexibility index (Phi) is 4.89. The molecule has 1 saturated heterocycles. The molecule has 0 bridgehead atoms. The maximum atomic E-state index is 11.3. The minimum Gasteiger partial charge on any atom is -0.383 e. The lowest BCUT2D eigenvalue weighted by Crippen LogP contribution is -2.53. The van der Waals surface area contributed by atoms with Crippen LogP contribution in [-0.2, 0) is 9.53 Å². The van der Waals surface area contributed by atoms with Gasteiger partial charge < -0.3 is 10.1 Å². The predicted octanol–water partition coefficient (Wildman–Crippen LogP) is -0.256. The van der Waals surface area contributed by atoms with Gasteiger partial charge in [0.25, 0.3) is 0 Å². The average Bonchev–Trinajstić information content (AvgIpc) is 2.15. The van der Waals surface area contributed by atoms with E-state index in [9.17, 15) is 4.79 Å². The molecule has 1 rings (SSSR count). The third-order valence-corrected chi connectivity index (χ3v) is 2.15. The van der Waals surface area contributed by atoms with E-state index in [2.05, 4.69) is 15.3 Å². The number of rotatable bonds is 6. The summed E-state index contributed by atoms with van der Waals surface area (Å²) < 4.78 is 4.80. The molecule has 84 valence electrons. The number of amides is 1. The van der Waals surface area contributed by atoms with E-state index in [0.29, 0.717) is 32.8 Å². The lowest BCUT2D eigenvalue weighted by atomic mass is 10.1. The van der Waals surface area contributed by atoms with Crippen LogP contribution in [0.2, 0.25) is 0 Å². The average molecular weight is 213 g/mol. The van der Waals surface area contributed by atoms with Crippen LogP contribution in [-0.4, -0.2) is 56.7 Å². The molecule has 0 aliphatic carbocycles. The Morgan fingerprint density at radius 3 is 3.07 bits per heavy atom. The Labute approximate surface area is 88.0 Å². The van der Waals surface area contributed by atoms with Crippen molar-refractivity contribution < 1.29 is 9.53 Å². The number of carbonyl (C=O) groups excluding carboxylic acids is 1. The van der Waals surface area contributed by atoms with Gasteiger partial charge in [0.1, 0.15) is 0 Å². The topological polar surface area (TPSA) is 90.3 Å². The number of likely N-dealkylation sites (tertiary alicyclic amines) is 1. The molecule has 0 spiro atoms. The number of ether oxygens (including phenoxy) is 1. The number of hydrogen-bond donors (Lipinski definition) is 1. The second kappa shape index (κ2) is 6.23. The van der Waals surface area contributed by atoms with Crippen LogP contribution in [0.5, 0.6) is 0 Å². The molecule has 0 atom stereocenters. The van der Waals surface area contributed by atoms with Crippen LogP contribution in [0.1, 0.15) is 0 Å². The van der Waals surface area contributed by atoms with Crippen molar-refractivity contribution in [3.63, 3.8) is 0 Å². The fourth-order valence-electron chi connectivity index (χ4n) is 1.37. The van der Waals surface area contributed by atoms with Crippen molar-refractivity contribution in [2.75, 3.05) is 39.9 Å². The normalized spacial score (nSPS) is 16.6. The van der Waals surface area contributed by atoms with Crippen LogP contribution in [0.25, 0.3) is 10.4 Å². The standard InChI is InChI=1S/C8H15N5O2/c1-15-3-2-10-8(14)6-13-4-7(5-13)11-12-9/h7H,2-6H2,1H3,(H,10,14). The van der Waals surface area contributed by atoms with Crippen molar-refractivity contribution in [1.29, 1.82) is 0 Å². The lowest BCUT2D eigenvalue weighted by molar-refractivity contribution is -0.123. The zero-order valence-corrected chi connectivity index (χ0v) is 8.72. The summed E-state index contributed by atoms with van der Waals surface area (Å²) in [7, 11) is 1.59. The van der Waals surface area contributed by atoms with Gasteiger partial charge in [-0.15, -0.1) is 0 Å². The first-order valence-electron chi connectivity index (χ1n) is 4.78. The van der Waals surface area contributed by atoms with Crippen LogP contribution in [0.4, 0.5) is 0 Å². The van der Waals surface area contributed by atoms with Gasteiger partial charge in [-0.05, 0) is 5.53 Å². The van der Waals surface area contributed by atoms with Crippen molar-refractivity contribution in [3.05, 3.63) is 10.4 Å². The van der Waals surface area contributed by atoms with Gasteiger partial charge in [-0.2, -0.15) is 0 Å². The summed E-state index contributed by atoms with van der Waals surface area (Å²) in [5.41, 5.74) is 8.16.